The molecule has 0 bridgehead atoms. The zero-order valence-corrected chi connectivity index (χ0v) is 13.0. The first kappa shape index (κ1) is 12.7. The van der Waals surface area contributed by atoms with Crippen molar-refractivity contribution in [1.29, 1.82) is 0 Å². The monoisotopic (exact) mass is 288 g/mol. The average molecular weight is 288 g/mol. The SMILES string of the molecule is CSc1ccc2c3ccccc3c3ccccc3c2c1C. The van der Waals surface area contributed by atoms with Crippen LogP contribution >= 0.6 is 11.8 Å². The minimum absolute atomic E-state index is 1.34. The number of hydrogen-bond donors (Lipinski definition) is 0. The summed E-state index contributed by atoms with van der Waals surface area (Å²) >= 11 is 1.82. The van der Waals surface area contributed by atoms with Crippen LogP contribution in [0.25, 0.3) is 32.3 Å². The summed E-state index contributed by atoms with van der Waals surface area (Å²) in [6, 6.07) is 22.0. The second-order valence-corrected chi connectivity index (χ2v) is 6.25. The van der Waals surface area contributed by atoms with Gasteiger partial charge in [-0.25, -0.2) is 0 Å². The molecule has 0 aliphatic carbocycles. The van der Waals surface area contributed by atoms with Crippen LogP contribution in [-0.4, -0.2) is 6.26 Å². The minimum atomic E-state index is 1.34. The summed E-state index contributed by atoms with van der Waals surface area (Å²) in [6.45, 7) is 2.25. The lowest BCUT2D eigenvalue weighted by atomic mass is 9.92. The van der Waals surface area contributed by atoms with E-state index in [1.807, 2.05) is 11.8 Å². The summed E-state index contributed by atoms with van der Waals surface area (Å²) in [5.41, 5.74) is 1.39. The van der Waals surface area contributed by atoms with Crippen molar-refractivity contribution >= 4 is 44.1 Å². The topological polar surface area (TPSA) is 0 Å². The summed E-state index contributed by atoms with van der Waals surface area (Å²) < 4.78 is 0. The molecule has 0 atom stereocenters. The molecule has 4 aromatic rings. The second-order valence-electron chi connectivity index (χ2n) is 5.41. The van der Waals surface area contributed by atoms with E-state index in [1.165, 1.54) is 42.8 Å². The summed E-state index contributed by atoms with van der Waals surface area (Å²) in [4.78, 5) is 1.36. The lowest BCUT2D eigenvalue weighted by molar-refractivity contribution is 1.36. The molecular formula is C20H16S. The highest BCUT2D eigenvalue weighted by Crippen LogP contribution is 2.38. The first-order valence-electron chi connectivity index (χ1n) is 7.18. The normalized spacial score (nSPS) is 11.5. The quantitative estimate of drug-likeness (QED) is 0.298. The number of benzene rings is 4. The predicted octanol–water partition coefficient (Wildman–Crippen LogP) is 6.18. The zero-order chi connectivity index (χ0) is 14.4. The van der Waals surface area contributed by atoms with Gasteiger partial charge in [-0.15, -0.1) is 11.8 Å². The molecule has 0 amide bonds. The molecule has 102 valence electrons. The molecule has 0 unspecified atom stereocenters. The molecule has 4 aromatic carbocycles. The lowest BCUT2D eigenvalue weighted by Crippen LogP contribution is -1.87. The number of rotatable bonds is 1. The molecule has 4 rings (SSSR count). The van der Waals surface area contributed by atoms with Crippen molar-refractivity contribution in [2.75, 3.05) is 6.26 Å². The van der Waals surface area contributed by atoms with E-state index >= 15 is 0 Å². The van der Waals surface area contributed by atoms with Crippen LogP contribution in [0.5, 0.6) is 0 Å². The molecule has 1 heteroatoms. The molecule has 0 heterocycles. The number of aryl methyl sites for hydroxylation is 1. The van der Waals surface area contributed by atoms with Crippen LogP contribution in [0.2, 0.25) is 0 Å². The van der Waals surface area contributed by atoms with E-state index < -0.39 is 0 Å². The van der Waals surface area contributed by atoms with E-state index in [9.17, 15) is 0 Å². The van der Waals surface area contributed by atoms with E-state index in [-0.39, 0.29) is 0 Å². The smallest absolute Gasteiger partial charge is 0.0105 e. The number of thioether (sulfide) groups is 1. The van der Waals surface area contributed by atoms with Gasteiger partial charge in [0.25, 0.3) is 0 Å². The third-order valence-electron chi connectivity index (χ3n) is 4.34. The minimum Gasteiger partial charge on any atom is -0.129 e. The highest BCUT2D eigenvalue weighted by molar-refractivity contribution is 7.98. The van der Waals surface area contributed by atoms with Crippen LogP contribution in [-0.2, 0) is 0 Å². The fourth-order valence-electron chi connectivity index (χ4n) is 3.37. The van der Waals surface area contributed by atoms with Gasteiger partial charge in [0.1, 0.15) is 0 Å². The Hall–Kier alpha value is -1.99. The first-order valence-corrected chi connectivity index (χ1v) is 8.40. The maximum atomic E-state index is 2.28. The molecule has 0 spiro atoms. The van der Waals surface area contributed by atoms with Crippen LogP contribution in [0, 0.1) is 6.92 Å². The van der Waals surface area contributed by atoms with Gasteiger partial charge in [0, 0.05) is 4.90 Å². The Bertz CT molecular complexity index is 948. The molecule has 0 N–H and O–H groups in total. The van der Waals surface area contributed by atoms with Gasteiger partial charge < -0.3 is 0 Å². The van der Waals surface area contributed by atoms with Crippen molar-refractivity contribution in [2.45, 2.75) is 11.8 Å². The highest BCUT2D eigenvalue weighted by atomic mass is 32.2. The molecule has 0 radical (unpaired) electrons. The average Bonchev–Trinajstić information content (AvgIpc) is 2.55. The van der Waals surface area contributed by atoms with Crippen molar-refractivity contribution < 1.29 is 0 Å². The van der Waals surface area contributed by atoms with Crippen molar-refractivity contribution in [3.63, 3.8) is 0 Å². The Kier molecular flexibility index (Phi) is 2.90. The van der Waals surface area contributed by atoms with Gasteiger partial charge in [-0.1, -0.05) is 54.6 Å². The highest BCUT2D eigenvalue weighted by Gasteiger charge is 2.11. The predicted molar refractivity (Wildman–Crippen MR) is 95.5 cm³/mol. The molecule has 0 saturated heterocycles. The number of hydrogen-bond acceptors (Lipinski definition) is 1. The van der Waals surface area contributed by atoms with E-state index in [0.717, 1.165) is 0 Å². The van der Waals surface area contributed by atoms with E-state index in [0.29, 0.717) is 0 Å². The third-order valence-corrected chi connectivity index (χ3v) is 5.22. The summed E-state index contributed by atoms with van der Waals surface area (Å²) in [5, 5.41) is 8.16. The standard InChI is InChI=1S/C20H16S/c1-13-19(21-2)12-11-18-16-9-4-3-7-14(16)15-8-5-6-10-17(15)20(13)18/h3-12H,1-2H3. The first-order chi connectivity index (χ1) is 10.3. The van der Waals surface area contributed by atoms with Crippen LogP contribution in [0.15, 0.2) is 65.6 Å². The Balaban J connectivity index is 2.39. The molecule has 0 aromatic heterocycles. The molecule has 0 aliphatic heterocycles. The third kappa shape index (κ3) is 1.77. The van der Waals surface area contributed by atoms with E-state index in [4.69, 9.17) is 0 Å². The van der Waals surface area contributed by atoms with Crippen LogP contribution in [0.4, 0.5) is 0 Å². The van der Waals surface area contributed by atoms with Gasteiger partial charge in [0.05, 0.1) is 0 Å². The Morgan fingerprint density at radius 3 is 1.67 bits per heavy atom. The molecule has 21 heavy (non-hydrogen) atoms. The van der Waals surface area contributed by atoms with Crippen molar-refractivity contribution in [1.82, 2.24) is 0 Å². The van der Waals surface area contributed by atoms with Gasteiger partial charge in [0.15, 0.2) is 0 Å². The Morgan fingerprint density at radius 1 is 0.619 bits per heavy atom. The van der Waals surface area contributed by atoms with E-state index in [1.54, 1.807) is 0 Å². The zero-order valence-electron chi connectivity index (χ0n) is 12.2. The Morgan fingerprint density at radius 2 is 1.10 bits per heavy atom. The van der Waals surface area contributed by atoms with Crippen molar-refractivity contribution in [2.24, 2.45) is 0 Å². The Labute approximate surface area is 128 Å². The van der Waals surface area contributed by atoms with Gasteiger partial charge in [-0.05, 0) is 57.1 Å². The number of fused-ring (bicyclic) bond motifs is 6. The molecule has 0 fully saturated rings. The molecule has 0 saturated carbocycles. The van der Waals surface area contributed by atoms with Crippen molar-refractivity contribution in [3.05, 3.63) is 66.2 Å². The van der Waals surface area contributed by atoms with E-state index in [2.05, 4.69) is 73.8 Å². The van der Waals surface area contributed by atoms with Gasteiger partial charge >= 0.3 is 0 Å². The van der Waals surface area contributed by atoms with Crippen LogP contribution in [0.1, 0.15) is 5.56 Å². The van der Waals surface area contributed by atoms with Gasteiger partial charge in [-0.2, -0.15) is 0 Å². The van der Waals surface area contributed by atoms with Gasteiger partial charge in [0.2, 0.25) is 0 Å². The lowest BCUT2D eigenvalue weighted by Gasteiger charge is -2.14. The summed E-state index contributed by atoms with van der Waals surface area (Å²) in [6.07, 6.45) is 2.15. The fraction of sp³-hybridized carbons (Fsp3) is 0.100. The van der Waals surface area contributed by atoms with Crippen molar-refractivity contribution in [3.8, 4) is 0 Å². The van der Waals surface area contributed by atoms with Gasteiger partial charge in [-0.3, -0.25) is 0 Å². The second kappa shape index (κ2) is 4.78. The molecule has 0 nitrogen and oxygen atoms in total. The maximum absolute atomic E-state index is 2.28. The van der Waals surface area contributed by atoms with Crippen LogP contribution < -0.4 is 0 Å². The summed E-state index contributed by atoms with van der Waals surface area (Å²) in [5.74, 6) is 0. The fourth-order valence-corrected chi connectivity index (χ4v) is 3.99. The van der Waals surface area contributed by atoms with Crippen LogP contribution in [0.3, 0.4) is 0 Å². The maximum Gasteiger partial charge on any atom is 0.0105 e. The molecule has 0 aliphatic rings. The summed E-state index contributed by atoms with van der Waals surface area (Å²) in [7, 11) is 0. The largest absolute Gasteiger partial charge is 0.129 e. The molecular weight excluding hydrogens is 272 g/mol.